The molecular formula is C15H8OS4. The molecule has 1 nitrogen and oxygen atoms in total. The highest BCUT2D eigenvalue weighted by Gasteiger charge is 2.40. The lowest BCUT2D eigenvalue weighted by atomic mass is 10.1. The maximum Gasteiger partial charge on any atom is 0.289 e. The zero-order chi connectivity index (χ0) is 13.3. The zero-order valence-electron chi connectivity index (χ0n) is 10.2. The van der Waals surface area contributed by atoms with Crippen molar-refractivity contribution < 1.29 is 0 Å². The van der Waals surface area contributed by atoms with Gasteiger partial charge >= 0.3 is 0 Å². The van der Waals surface area contributed by atoms with Gasteiger partial charge in [-0.15, -0.1) is 23.5 Å². The number of hydrogen-bond acceptors (Lipinski definition) is 5. The fourth-order valence-corrected chi connectivity index (χ4v) is 9.25. The average molecular weight is 332 g/mol. The maximum absolute atomic E-state index is 11.6. The van der Waals surface area contributed by atoms with Crippen LogP contribution in [0.2, 0.25) is 0 Å². The second-order valence-corrected chi connectivity index (χ2v) is 9.94. The lowest BCUT2D eigenvalue weighted by Gasteiger charge is -2.24. The molecule has 5 heteroatoms. The number of benzene rings is 2. The number of rotatable bonds is 0. The van der Waals surface area contributed by atoms with Crippen molar-refractivity contribution in [3.8, 4) is 0 Å². The molecule has 5 rings (SSSR count). The quantitative estimate of drug-likeness (QED) is 0.555. The molecule has 0 bridgehead atoms. The molecule has 2 atom stereocenters. The fraction of sp³-hybridized carbons (Fsp3) is 0.133. The van der Waals surface area contributed by atoms with Gasteiger partial charge in [0, 0.05) is 0 Å². The first kappa shape index (κ1) is 11.9. The maximum atomic E-state index is 11.6. The van der Waals surface area contributed by atoms with Gasteiger partial charge in [0.2, 0.25) is 0 Å². The van der Waals surface area contributed by atoms with E-state index in [2.05, 4.69) is 36.4 Å². The van der Waals surface area contributed by atoms with E-state index < -0.39 is 0 Å². The Balaban J connectivity index is 1.78. The molecule has 0 saturated heterocycles. The van der Waals surface area contributed by atoms with E-state index in [9.17, 15) is 4.79 Å². The SMILES string of the molecule is O=c1sc2c(s1)SC1c3cccc4cccc(c34)C1S2. The van der Waals surface area contributed by atoms with Crippen molar-refractivity contribution in [2.24, 2.45) is 0 Å². The van der Waals surface area contributed by atoms with Crippen molar-refractivity contribution in [1.29, 1.82) is 0 Å². The molecule has 2 aliphatic rings. The predicted octanol–water partition coefficient (Wildman–Crippen LogP) is 5.32. The average Bonchev–Trinajstić information content (AvgIpc) is 2.97. The van der Waals surface area contributed by atoms with E-state index in [1.54, 1.807) is 0 Å². The molecule has 2 unspecified atom stereocenters. The van der Waals surface area contributed by atoms with E-state index >= 15 is 0 Å². The first-order chi connectivity index (χ1) is 9.81. The minimum Gasteiger partial charge on any atom is -0.265 e. The Bertz CT molecular complexity index is 840. The summed E-state index contributed by atoms with van der Waals surface area (Å²) in [6, 6.07) is 13.2. The van der Waals surface area contributed by atoms with E-state index in [0.29, 0.717) is 10.5 Å². The van der Waals surface area contributed by atoms with E-state index in [1.165, 1.54) is 53.0 Å². The Morgan fingerprint density at radius 3 is 1.90 bits per heavy atom. The van der Waals surface area contributed by atoms with Gasteiger partial charge in [0.1, 0.15) is 0 Å². The molecule has 1 aliphatic heterocycles. The summed E-state index contributed by atoms with van der Waals surface area (Å²) in [5.74, 6) is 0. The van der Waals surface area contributed by atoms with Gasteiger partial charge in [0.25, 0.3) is 4.06 Å². The summed E-state index contributed by atoms with van der Waals surface area (Å²) in [6.45, 7) is 0. The van der Waals surface area contributed by atoms with Crippen LogP contribution in [0.3, 0.4) is 0 Å². The van der Waals surface area contributed by atoms with E-state index in [-0.39, 0.29) is 4.06 Å². The summed E-state index contributed by atoms with van der Waals surface area (Å²) in [4.78, 5) is 11.6. The van der Waals surface area contributed by atoms with E-state index in [4.69, 9.17) is 0 Å². The highest BCUT2D eigenvalue weighted by Crippen LogP contribution is 2.65. The molecule has 98 valence electrons. The van der Waals surface area contributed by atoms with E-state index in [0.717, 1.165) is 0 Å². The Hall–Kier alpha value is -0.750. The fourth-order valence-electron chi connectivity index (χ4n) is 3.08. The molecule has 1 aliphatic carbocycles. The summed E-state index contributed by atoms with van der Waals surface area (Å²) >= 11 is 6.60. The van der Waals surface area contributed by atoms with Crippen LogP contribution in [0.1, 0.15) is 21.6 Å². The highest BCUT2D eigenvalue weighted by molar-refractivity contribution is 8.08. The van der Waals surface area contributed by atoms with Gasteiger partial charge in [-0.2, -0.15) is 0 Å². The molecule has 0 spiro atoms. The molecule has 0 N–H and O–H groups in total. The Morgan fingerprint density at radius 1 is 0.800 bits per heavy atom. The minimum atomic E-state index is 0.224. The lowest BCUT2D eigenvalue weighted by molar-refractivity contribution is 0.951. The van der Waals surface area contributed by atoms with Crippen LogP contribution in [0, 0.1) is 0 Å². The molecule has 20 heavy (non-hydrogen) atoms. The zero-order valence-corrected chi connectivity index (χ0v) is 13.4. The molecule has 0 radical (unpaired) electrons. The molecule has 0 fully saturated rings. The van der Waals surface area contributed by atoms with Gasteiger partial charge < -0.3 is 0 Å². The summed E-state index contributed by atoms with van der Waals surface area (Å²) in [6.07, 6.45) is 0. The smallest absolute Gasteiger partial charge is 0.265 e. The molecule has 3 aromatic rings. The third kappa shape index (κ3) is 1.49. The molecule has 1 aromatic heterocycles. The lowest BCUT2D eigenvalue weighted by Crippen LogP contribution is -2.01. The van der Waals surface area contributed by atoms with Crippen LogP contribution in [0.25, 0.3) is 10.8 Å². The predicted molar refractivity (Wildman–Crippen MR) is 89.6 cm³/mol. The van der Waals surface area contributed by atoms with Gasteiger partial charge in [-0.25, -0.2) is 0 Å². The van der Waals surface area contributed by atoms with Crippen LogP contribution >= 0.6 is 46.2 Å². The Labute approximate surface area is 132 Å². The number of thioether (sulfide) groups is 2. The van der Waals surface area contributed by atoms with Gasteiger partial charge in [0.15, 0.2) is 0 Å². The second kappa shape index (κ2) is 4.13. The Morgan fingerprint density at radius 2 is 1.35 bits per heavy atom. The van der Waals surface area contributed by atoms with Crippen molar-refractivity contribution in [2.45, 2.75) is 18.9 Å². The molecular weight excluding hydrogens is 324 g/mol. The first-order valence-corrected chi connectivity index (χ1v) is 9.69. The van der Waals surface area contributed by atoms with E-state index in [1.807, 2.05) is 23.5 Å². The van der Waals surface area contributed by atoms with Crippen molar-refractivity contribution in [3.05, 3.63) is 56.4 Å². The number of fused-ring (bicyclic) bond motifs is 4. The largest absolute Gasteiger partial charge is 0.289 e. The van der Waals surface area contributed by atoms with Crippen molar-refractivity contribution in [3.63, 3.8) is 0 Å². The minimum absolute atomic E-state index is 0.224. The summed E-state index contributed by atoms with van der Waals surface area (Å²) in [7, 11) is 0. The summed E-state index contributed by atoms with van der Waals surface area (Å²) in [5.41, 5.74) is 2.88. The standard InChI is InChI=1S/C15H8OS4/c16-15-19-13-14(20-15)18-12-9-6-2-4-7-3-1-5-8(10(7)9)11(12)17-13/h1-6,11-12H. The van der Waals surface area contributed by atoms with Gasteiger partial charge in [-0.05, 0) is 21.9 Å². The molecule has 2 heterocycles. The normalized spacial score (nSPS) is 22.8. The third-order valence-electron chi connectivity index (χ3n) is 3.84. The molecule has 2 aromatic carbocycles. The van der Waals surface area contributed by atoms with Crippen LogP contribution in [-0.4, -0.2) is 0 Å². The van der Waals surface area contributed by atoms with Crippen LogP contribution in [0.5, 0.6) is 0 Å². The second-order valence-electron chi connectivity index (χ2n) is 4.90. The van der Waals surface area contributed by atoms with Gasteiger partial charge in [-0.3, -0.25) is 4.79 Å². The van der Waals surface area contributed by atoms with Gasteiger partial charge in [-0.1, -0.05) is 59.1 Å². The summed E-state index contributed by atoms with van der Waals surface area (Å²) < 4.78 is 2.66. The van der Waals surface area contributed by atoms with Crippen molar-refractivity contribution in [1.82, 2.24) is 0 Å². The topological polar surface area (TPSA) is 17.1 Å². The highest BCUT2D eigenvalue weighted by atomic mass is 32.2. The van der Waals surface area contributed by atoms with Crippen LogP contribution in [0.15, 0.2) is 49.6 Å². The van der Waals surface area contributed by atoms with Gasteiger partial charge in [0.05, 0.1) is 18.9 Å². The van der Waals surface area contributed by atoms with Crippen LogP contribution in [0.4, 0.5) is 0 Å². The summed E-state index contributed by atoms with van der Waals surface area (Å²) in [5, 5.41) is 3.69. The third-order valence-corrected chi connectivity index (χ3v) is 9.62. The monoisotopic (exact) mass is 332 g/mol. The first-order valence-electron chi connectivity index (χ1n) is 6.30. The van der Waals surface area contributed by atoms with Crippen LogP contribution < -0.4 is 4.06 Å². The van der Waals surface area contributed by atoms with Crippen molar-refractivity contribution in [2.75, 3.05) is 0 Å². The molecule has 0 amide bonds. The Kier molecular flexibility index (Phi) is 2.45. The van der Waals surface area contributed by atoms with Crippen LogP contribution in [-0.2, 0) is 0 Å². The number of hydrogen-bond donors (Lipinski definition) is 0. The molecule has 0 saturated carbocycles. The van der Waals surface area contributed by atoms with Crippen molar-refractivity contribution >= 4 is 57.0 Å².